The summed E-state index contributed by atoms with van der Waals surface area (Å²) in [6, 6.07) is 1.98. The molecule has 4 heteroatoms. The summed E-state index contributed by atoms with van der Waals surface area (Å²) >= 11 is 0. The van der Waals surface area contributed by atoms with Crippen LogP contribution in [0.5, 0.6) is 0 Å². The van der Waals surface area contributed by atoms with Crippen LogP contribution in [0.3, 0.4) is 0 Å². The summed E-state index contributed by atoms with van der Waals surface area (Å²) in [6.45, 7) is 3.32. The van der Waals surface area contributed by atoms with Crippen LogP contribution in [-0.2, 0) is 12.6 Å². The predicted octanol–water partition coefficient (Wildman–Crippen LogP) is 1.96. The summed E-state index contributed by atoms with van der Waals surface area (Å²) in [5.74, 6) is 1.15. The number of nitrogens with zero attached hydrogens (tertiary/aromatic N) is 3. The first-order chi connectivity index (χ1) is 8.27. The van der Waals surface area contributed by atoms with Crippen molar-refractivity contribution in [3.8, 4) is 0 Å². The molecule has 0 radical (unpaired) electrons. The Morgan fingerprint density at radius 2 is 2.41 bits per heavy atom. The van der Waals surface area contributed by atoms with E-state index >= 15 is 0 Å². The third-order valence-corrected chi connectivity index (χ3v) is 3.96. The lowest BCUT2D eigenvalue weighted by atomic mass is 9.93. The van der Waals surface area contributed by atoms with E-state index in [0.29, 0.717) is 0 Å². The van der Waals surface area contributed by atoms with Crippen molar-refractivity contribution in [2.24, 2.45) is 7.05 Å². The molecule has 3 heterocycles. The van der Waals surface area contributed by atoms with Gasteiger partial charge in [-0.05, 0) is 31.9 Å². The van der Waals surface area contributed by atoms with Gasteiger partial charge >= 0.3 is 0 Å². The predicted molar refractivity (Wildman–Crippen MR) is 67.7 cm³/mol. The summed E-state index contributed by atoms with van der Waals surface area (Å²) in [5, 5.41) is 3.63. The van der Waals surface area contributed by atoms with E-state index in [1.165, 1.54) is 12.8 Å². The maximum absolute atomic E-state index is 4.80. The number of nitrogens with one attached hydrogen (secondary N) is 1. The largest absolute Gasteiger partial charge is 0.328 e. The molecule has 0 aromatic carbocycles. The Balaban J connectivity index is 2.19. The molecule has 2 aromatic heterocycles. The minimum atomic E-state index is 0.0633. The highest BCUT2D eigenvalue weighted by molar-refractivity contribution is 5.74. The molecule has 3 rings (SSSR count). The minimum absolute atomic E-state index is 0.0633. The van der Waals surface area contributed by atoms with Gasteiger partial charge in [-0.3, -0.25) is 4.98 Å². The van der Waals surface area contributed by atoms with Gasteiger partial charge in [-0.1, -0.05) is 6.92 Å². The van der Waals surface area contributed by atoms with Gasteiger partial charge in [-0.25, -0.2) is 4.98 Å². The molecule has 1 fully saturated rings. The van der Waals surface area contributed by atoms with Crippen molar-refractivity contribution < 1.29 is 0 Å². The first-order valence-electron chi connectivity index (χ1n) is 6.29. The Morgan fingerprint density at radius 1 is 1.53 bits per heavy atom. The zero-order valence-corrected chi connectivity index (χ0v) is 10.4. The topological polar surface area (TPSA) is 42.7 Å². The number of hydrogen-bond acceptors (Lipinski definition) is 3. The number of pyridine rings is 1. The summed E-state index contributed by atoms with van der Waals surface area (Å²) in [5.41, 5.74) is 2.22. The zero-order chi connectivity index (χ0) is 11.9. The molecule has 0 spiro atoms. The van der Waals surface area contributed by atoms with E-state index in [2.05, 4.69) is 28.8 Å². The number of rotatable bonds is 2. The molecule has 1 saturated heterocycles. The fourth-order valence-corrected chi connectivity index (χ4v) is 2.92. The Hall–Kier alpha value is -1.42. The van der Waals surface area contributed by atoms with E-state index in [4.69, 9.17) is 4.98 Å². The van der Waals surface area contributed by atoms with Crippen molar-refractivity contribution in [3.63, 3.8) is 0 Å². The Morgan fingerprint density at radius 3 is 3.06 bits per heavy atom. The average Bonchev–Trinajstić information content (AvgIpc) is 2.96. The van der Waals surface area contributed by atoms with E-state index < -0.39 is 0 Å². The fourth-order valence-electron chi connectivity index (χ4n) is 2.92. The smallest absolute Gasteiger partial charge is 0.130 e. The van der Waals surface area contributed by atoms with Crippen molar-refractivity contribution in [1.29, 1.82) is 0 Å². The molecular weight excluding hydrogens is 212 g/mol. The maximum atomic E-state index is 4.80. The van der Waals surface area contributed by atoms with Crippen LogP contribution in [0.4, 0.5) is 0 Å². The second-order valence-corrected chi connectivity index (χ2v) is 4.82. The van der Waals surface area contributed by atoms with Crippen molar-refractivity contribution in [2.75, 3.05) is 6.54 Å². The van der Waals surface area contributed by atoms with E-state index in [1.807, 2.05) is 12.3 Å². The molecule has 0 saturated carbocycles. The van der Waals surface area contributed by atoms with Gasteiger partial charge in [0.05, 0.1) is 22.8 Å². The van der Waals surface area contributed by atoms with Crippen molar-refractivity contribution in [2.45, 2.75) is 31.7 Å². The molecule has 1 atom stereocenters. The SMILES string of the molecule is CCC1(c2nc3ccncc3n2C)CCCN1. The molecule has 0 bridgehead atoms. The summed E-state index contributed by atoms with van der Waals surface area (Å²) in [6.07, 6.45) is 7.19. The van der Waals surface area contributed by atoms with Crippen LogP contribution in [0.15, 0.2) is 18.5 Å². The van der Waals surface area contributed by atoms with Crippen LogP contribution in [-0.4, -0.2) is 21.1 Å². The van der Waals surface area contributed by atoms with Gasteiger partial charge in [0, 0.05) is 13.2 Å². The third kappa shape index (κ3) is 1.47. The normalized spacial score (nSPS) is 24.6. The molecule has 0 aliphatic carbocycles. The lowest BCUT2D eigenvalue weighted by Crippen LogP contribution is -2.38. The van der Waals surface area contributed by atoms with Crippen LogP contribution in [0, 0.1) is 0 Å². The van der Waals surface area contributed by atoms with E-state index in [9.17, 15) is 0 Å². The quantitative estimate of drug-likeness (QED) is 0.857. The van der Waals surface area contributed by atoms with Gasteiger partial charge < -0.3 is 9.88 Å². The van der Waals surface area contributed by atoms with Gasteiger partial charge in [-0.2, -0.15) is 0 Å². The molecule has 2 aromatic rings. The molecule has 1 N–H and O–H groups in total. The standard InChI is InChI=1S/C13H18N4/c1-3-13(6-4-7-15-13)12-16-10-5-8-14-9-11(10)17(12)2/h5,8-9,15H,3-4,6-7H2,1-2H3. The lowest BCUT2D eigenvalue weighted by molar-refractivity contribution is 0.345. The zero-order valence-electron chi connectivity index (χ0n) is 10.4. The third-order valence-electron chi connectivity index (χ3n) is 3.96. The molecule has 1 aliphatic rings. The van der Waals surface area contributed by atoms with E-state index in [-0.39, 0.29) is 5.54 Å². The Kier molecular flexibility index (Phi) is 2.40. The average molecular weight is 230 g/mol. The first-order valence-corrected chi connectivity index (χ1v) is 6.29. The minimum Gasteiger partial charge on any atom is -0.328 e. The van der Waals surface area contributed by atoms with E-state index in [0.717, 1.165) is 29.8 Å². The molecule has 1 aliphatic heterocycles. The molecule has 17 heavy (non-hydrogen) atoms. The summed E-state index contributed by atoms with van der Waals surface area (Å²) < 4.78 is 2.18. The molecule has 90 valence electrons. The van der Waals surface area contributed by atoms with Crippen LogP contribution in [0.25, 0.3) is 11.0 Å². The van der Waals surface area contributed by atoms with Gasteiger partial charge in [0.15, 0.2) is 0 Å². The number of imidazole rings is 1. The summed E-state index contributed by atoms with van der Waals surface area (Å²) in [7, 11) is 2.09. The first kappa shape index (κ1) is 10.7. The maximum Gasteiger partial charge on any atom is 0.130 e. The van der Waals surface area contributed by atoms with Crippen molar-refractivity contribution >= 4 is 11.0 Å². The van der Waals surface area contributed by atoms with Crippen LogP contribution in [0.1, 0.15) is 32.0 Å². The molecular formula is C13H18N4. The number of aryl methyl sites for hydroxylation is 1. The Labute approximate surface area is 101 Å². The number of aromatic nitrogens is 3. The van der Waals surface area contributed by atoms with Crippen molar-refractivity contribution in [1.82, 2.24) is 19.9 Å². The van der Waals surface area contributed by atoms with Crippen LogP contribution in [0.2, 0.25) is 0 Å². The second-order valence-electron chi connectivity index (χ2n) is 4.82. The monoisotopic (exact) mass is 230 g/mol. The van der Waals surface area contributed by atoms with Gasteiger partial charge in [0.1, 0.15) is 5.82 Å². The lowest BCUT2D eigenvalue weighted by Gasteiger charge is -2.27. The van der Waals surface area contributed by atoms with Gasteiger partial charge in [0.25, 0.3) is 0 Å². The highest BCUT2D eigenvalue weighted by atomic mass is 15.2. The van der Waals surface area contributed by atoms with Crippen molar-refractivity contribution in [3.05, 3.63) is 24.3 Å². The number of hydrogen-bond donors (Lipinski definition) is 1. The fraction of sp³-hybridized carbons (Fsp3) is 0.538. The van der Waals surface area contributed by atoms with Crippen LogP contribution < -0.4 is 5.32 Å². The second kappa shape index (κ2) is 3.81. The molecule has 0 amide bonds. The molecule has 4 nitrogen and oxygen atoms in total. The highest BCUT2D eigenvalue weighted by Crippen LogP contribution is 2.34. The number of fused-ring (bicyclic) bond motifs is 1. The summed E-state index contributed by atoms with van der Waals surface area (Å²) in [4.78, 5) is 8.98. The Bertz CT molecular complexity index is 537. The van der Waals surface area contributed by atoms with Gasteiger partial charge in [-0.15, -0.1) is 0 Å². The van der Waals surface area contributed by atoms with E-state index in [1.54, 1.807) is 6.20 Å². The van der Waals surface area contributed by atoms with Crippen LogP contribution >= 0.6 is 0 Å². The van der Waals surface area contributed by atoms with Gasteiger partial charge in [0.2, 0.25) is 0 Å². The highest BCUT2D eigenvalue weighted by Gasteiger charge is 2.37. The molecule has 1 unspecified atom stereocenters.